The van der Waals surface area contributed by atoms with Crippen LogP contribution in [0.15, 0.2) is 72.4 Å². The Morgan fingerprint density at radius 2 is 1.86 bits per heavy atom. The van der Waals surface area contributed by atoms with Crippen LogP contribution < -0.4 is 9.47 Å². The lowest BCUT2D eigenvalue weighted by molar-refractivity contribution is -0.130. The fourth-order valence-electron chi connectivity index (χ4n) is 3.16. The number of carbonyl (C=O) groups is 1. The van der Waals surface area contributed by atoms with Gasteiger partial charge < -0.3 is 18.8 Å². The highest BCUT2D eigenvalue weighted by Crippen LogP contribution is 2.35. The third kappa shape index (κ3) is 3.52. The second-order valence-corrected chi connectivity index (χ2v) is 6.32. The third-order valence-electron chi connectivity index (χ3n) is 4.59. The highest BCUT2D eigenvalue weighted by molar-refractivity contribution is 6.05. The lowest BCUT2D eigenvalue weighted by Gasteiger charge is -2.10. The van der Waals surface area contributed by atoms with E-state index in [9.17, 15) is 9.18 Å². The zero-order valence-electron chi connectivity index (χ0n) is 15.9. The number of hydrogen-bond acceptors (Lipinski definition) is 4. The summed E-state index contributed by atoms with van der Waals surface area (Å²) in [6.07, 6.45) is 5.05. The maximum Gasteiger partial charge on any atom is 0.343 e. The maximum absolute atomic E-state index is 14.2. The van der Waals surface area contributed by atoms with Gasteiger partial charge in [0.2, 0.25) is 0 Å². The highest BCUT2D eigenvalue weighted by atomic mass is 19.1. The molecule has 0 unspecified atom stereocenters. The summed E-state index contributed by atoms with van der Waals surface area (Å²) in [7, 11) is 3.10. The first-order valence-electron chi connectivity index (χ1n) is 8.91. The number of carbonyl (C=O) groups excluding carboxylic acids is 1. The Labute approximate surface area is 167 Å². The van der Waals surface area contributed by atoms with Gasteiger partial charge in [-0.15, -0.1) is 0 Å². The molecule has 0 amide bonds. The first-order chi connectivity index (χ1) is 14.1. The van der Waals surface area contributed by atoms with Gasteiger partial charge in [-0.25, -0.2) is 9.18 Å². The summed E-state index contributed by atoms with van der Waals surface area (Å²) in [5.41, 5.74) is 2.04. The van der Waals surface area contributed by atoms with Crippen molar-refractivity contribution in [3.8, 4) is 17.2 Å². The molecule has 0 atom stereocenters. The fourth-order valence-corrected chi connectivity index (χ4v) is 3.16. The summed E-state index contributed by atoms with van der Waals surface area (Å²) < 4.78 is 31.9. The number of aromatic nitrogens is 1. The molecule has 0 saturated carbocycles. The van der Waals surface area contributed by atoms with E-state index in [0.717, 1.165) is 0 Å². The van der Waals surface area contributed by atoms with E-state index in [1.165, 1.54) is 13.2 Å². The van der Waals surface area contributed by atoms with Gasteiger partial charge in [0, 0.05) is 18.0 Å². The standard InChI is InChI=1S/C23H18FNO4/c1-27-17-9-10-18(21(14-17)28-2)22-13-15(23(26)29-22)12-16-6-5-11-25(16)20-8-4-3-7-19(20)24/h3-14H,1-2H3/b15-12-. The van der Waals surface area contributed by atoms with Gasteiger partial charge in [-0.1, -0.05) is 12.1 Å². The van der Waals surface area contributed by atoms with E-state index in [-0.39, 0.29) is 5.82 Å². The van der Waals surface area contributed by atoms with Crippen molar-refractivity contribution in [1.29, 1.82) is 0 Å². The lowest BCUT2D eigenvalue weighted by atomic mass is 10.1. The van der Waals surface area contributed by atoms with Crippen molar-refractivity contribution >= 4 is 17.8 Å². The quantitative estimate of drug-likeness (QED) is 0.471. The largest absolute Gasteiger partial charge is 0.497 e. The van der Waals surface area contributed by atoms with Gasteiger partial charge in [-0.2, -0.15) is 0 Å². The summed E-state index contributed by atoms with van der Waals surface area (Å²) in [5.74, 6) is 0.703. The molecule has 1 aromatic heterocycles. The first-order valence-corrected chi connectivity index (χ1v) is 8.91. The average molecular weight is 391 g/mol. The monoisotopic (exact) mass is 391 g/mol. The maximum atomic E-state index is 14.2. The van der Waals surface area contributed by atoms with Crippen molar-refractivity contribution < 1.29 is 23.4 Å². The molecule has 29 heavy (non-hydrogen) atoms. The SMILES string of the molecule is COc1ccc(C2=C/C(=C/c3cccn3-c3ccccc3F)C(=O)O2)c(OC)c1. The predicted octanol–water partition coefficient (Wildman–Crippen LogP) is 4.61. The Kier molecular flexibility index (Phi) is 4.91. The second-order valence-electron chi connectivity index (χ2n) is 6.32. The Morgan fingerprint density at radius 3 is 2.62 bits per heavy atom. The first kappa shape index (κ1) is 18.6. The number of ether oxygens (including phenoxy) is 3. The molecule has 1 aliphatic heterocycles. The van der Waals surface area contributed by atoms with Crippen LogP contribution in [0.1, 0.15) is 11.3 Å². The summed E-state index contributed by atoms with van der Waals surface area (Å²) in [6, 6.07) is 15.3. The van der Waals surface area contributed by atoms with Crippen molar-refractivity contribution in [3.05, 3.63) is 89.5 Å². The van der Waals surface area contributed by atoms with E-state index in [1.54, 1.807) is 78.6 Å². The molecule has 4 rings (SSSR count). The fraction of sp³-hybridized carbons (Fsp3) is 0.0870. The minimum absolute atomic E-state index is 0.350. The molecular weight excluding hydrogens is 373 g/mol. The molecule has 1 aliphatic rings. The molecule has 0 N–H and O–H groups in total. The van der Waals surface area contributed by atoms with E-state index >= 15 is 0 Å². The number of benzene rings is 2. The van der Waals surface area contributed by atoms with Gasteiger partial charge in [0.15, 0.2) is 0 Å². The molecule has 6 heteroatoms. The number of esters is 1. The van der Waals surface area contributed by atoms with E-state index in [0.29, 0.717) is 39.8 Å². The van der Waals surface area contributed by atoms with Crippen molar-refractivity contribution in [2.24, 2.45) is 0 Å². The second kappa shape index (κ2) is 7.67. The third-order valence-corrected chi connectivity index (χ3v) is 4.59. The Balaban J connectivity index is 1.72. The molecule has 0 spiro atoms. The summed E-state index contributed by atoms with van der Waals surface area (Å²) in [6.45, 7) is 0. The molecule has 0 aliphatic carbocycles. The summed E-state index contributed by atoms with van der Waals surface area (Å²) in [5, 5.41) is 0. The number of halogens is 1. The van der Waals surface area contributed by atoms with E-state index in [4.69, 9.17) is 14.2 Å². The van der Waals surface area contributed by atoms with Gasteiger partial charge in [-0.05, 0) is 48.6 Å². The molecule has 2 heterocycles. The van der Waals surface area contributed by atoms with Crippen molar-refractivity contribution in [2.75, 3.05) is 14.2 Å². The predicted molar refractivity (Wildman–Crippen MR) is 107 cm³/mol. The Bertz CT molecular complexity index is 1140. The van der Waals surface area contributed by atoms with Crippen LogP contribution in [0.3, 0.4) is 0 Å². The lowest BCUT2D eigenvalue weighted by Crippen LogP contribution is -2.01. The van der Waals surface area contributed by atoms with Crippen molar-refractivity contribution in [3.63, 3.8) is 0 Å². The van der Waals surface area contributed by atoms with E-state index < -0.39 is 5.97 Å². The van der Waals surface area contributed by atoms with Crippen LogP contribution in [-0.2, 0) is 9.53 Å². The van der Waals surface area contributed by atoms with Crippen molar-refractivity contribution in [2.45, 2.75) is 0 Å². The van der Waals surface area contributed by atoms with E-state index in [2.05, 4.69) is 0 Å². The molecule has 5 nitrogen and oxygen atoms in total. The Morgan fingerprint density at radius 1 is 1.03 bits per heavy atom. The smallest absolute Gasteiger partial charge is 0.343 e. The minimum atomic E-state index is -0.487. The molecule has 3 aromatic rings. The number of para-hydroxylation sites is 1. The van der Waals surface area contributed by atoms with Crippen LogP contribution in [-0.4, -0.2) is 24.8 Å². The number of nitrogens with zero attached hydrogens (tertiary/aromatic N) is 1. The molecular formula is C23H18FNO4. The normalized spacial score (nSPS) is 14.7. The van der Waals surface area contributed by atoms with Crippen molar-refractivity contribution in [1.82, 2.24) is 4.57 Å². The van der Waals surface area contributed by atoms with Crippen LogP contribution in [0.5, 0.6) is 11.5 Å². The van der Waals surface area contributed by atoms with Gasteiger partial charge in [0.1, 0.15) is 23.1 Å². The van der Waals surface area contributed by atoms with Crippen LogP contribution in [0.25, 0.3) is 17.5 Å². The van der Waals surface area contributed by atoms with Crippen LogP contribution in [0.2, 0.25) is 0 Å². The molecule has 146 valence electrons. The zero-order chi connectivity index (χ0) is 20.4. The van der Waals surface area contributed by atoms with Crippen LogP contribution >= 0.6 is 0 Å². The van der Waals surface area contributed by atoms with Gasteiger partial charge in [-0.3, -0.25) is 0 Å². The van der Waals surface area contributed by atoms with Gasteiger partial charge in [0.25, 0.3) is 0 Å². The van der Waals surface area contributed by atoms with Gasteiger partial charge >= 0.3 is 5.97 Å². The summed E-state index contributed by atoms with van der Waals surface area (Å²) in [4.78, 5) is 12.4. The number of rotatable bonds is 5. The number of cyclic esters (lactones) is 1. The molecule has 2 aromatic carbocycles. The van der Waals surface area contributed by atoms with Gasteiger partial charge in [0.05, 0.1) is 31.0 Å². The average Bonchev–Trinajstić information content (AvgIpc) is 3.34. The van der Waals surface area contributed by atoms with Crippen LogP contribution in [0.4, 0.5) is 4.39 Å². The highest BCUT2D eigenvalue weighted by Gasteiger charge is 2.25. The number of hydrogen-bond donors (Lipinski definition) is 0. The minimum Gasteiger partial charge on any atom is -0.497 e. The molecule has 0 saturated heterocycles. The molecule has 0 fully saturated rings. The van der Waals surface area contributed by atoms with Crippen LogP contribution in [0, 0.1) is 5.82 Å². The number of methoxy groups -OCH3 is 2. The Hall–Kier alpha value is -3.80. The molecule has 0 radical (unpaired) electrons. The molecule has 0 bridgehead atoms. The summed E-state index contributed by atoms with van der Waals surface area (Å²) >= 11 is 0. The zero-order valence-corrected chi connectivity index (χ0v) is 15.9. The van der Waals surface area contributed by atoms with E-state index in [1.807, 2.05) is 0 Å². The topological polar surface area (TPSA) is 49.7 Å².